The SMILES string of the molecule is CCCCNC(=O)C(Cc1ccccc1)N(Cc1c(Cl)cccc1Cl)C(=O)CN(c1ccc(I)cc1)S(=O)(=O)c1ccccc1. The normalized spacial score (nSPS) is 11.9. The Balaban J connectivity index is 1.81. The van der Waals surface area contributed by atoms with Crippen LogP contribution < -0.4 is 9.62 Å². The van der Waals surface area contributed by atoms with Crippen LogP contribution in [-0.2, 0) is 32.6 Å². The summed E-state index contributed by atoms with van der Waals surface area (Å²) in [6.07, 6.45) is 1.84. The molecule has 0 bridgehead atoms. The van der Waals surface area contributed by atoms with Crippen molar-refractivity contribution in [1.82, 2.24) is 10.2 Å². The van der Waals surface area contributed by atoms with Crippen molar-refractivity contribution in [2.45, 2.75) is 43.7 Å². The van der Waals surface area contributed by atoms with Crippen LogP contribution in [0, 0.1) is 3.57 Å². The molecule has 0 heterocycles. The van der Waals surface area contributed by atoms with Gasteiger partial charge in [0.2, 0.25) is 11.8 Å². The molecule has 2 amide bonds. The molecule has 4 aromatic rings. The van der Waals surface area contributed by atoms with E-state index in [1.165, 1.54) is 17.0 Å². The lowest BCUT2D eigenvalue weighted by Crippen LogP contribution is -2.53. The first-order chi connectivity index (χ1) is 21.6. The van der Waals surface area contributed by atoms with Gasteiger partial charge in [-0.2, -0.15) is 0 Å². The largest absolute Gasteiger partial charge is 0.354 e. The number of benzene rings is 4. The number of carbonyl (C=O) groups excluding carboxylic acids is 2. The Morgan fingerprint density at radius 1 is 0.844 bits per heavy atom. The first-order valence-corrected chi connectivity index (χ1v) is 17.8. The number of hydrogen-bond donors (Lipinski definition) is 1. The molecule has 1 unspecified atom stereocenters. The van der Waals surface area contributed by atoms with Crippen LogP contribution in [0.5, 0.6) is 0 Å². The summed E-state index contributed by atoms with van der Waals surface area (Å²) in [7, 11) is -4.18. The number of amides is 2. The Hall–Kier alpha value is -3.12. The monoisotopic (exact) mass is 777 g/mol. The van der Waals surface area contributed by atoms with Gasteiger partial charge in [-0.05, 0) is 83.1 Å². The van der Waals surface area contributed by atoms with Crippen molar-refractivity contribution >= 4 is 73.3 Å². The van der Waals surface area contributed by atoms with Crippen molar-refractivity contribution in [1.29, 1.82) is 0 Å². The third-order valence-electron chi connectivity index (χ3n) is 7.22. The van der Waals surface area contributed by atoms with Crippen LogP contribution in [0.3, 0.4) is 0 Å². The van der Waals surface area contributed by atoms with Crippen LogP contribution in [0.2, 0.25) is 10.0 Å². The highest BCUT2D eigenvalue weighted by Crippen LogP contribution is 2.29. The highest BCUT2D eigenvalue weighted by atomic mass is 127. The van der Waals surface area contributed by atoms with E-state index in [0.29, 0.717) is 27.8 Å². The molecule has 11 heteroatoms. The molecule has 0 aliphatic rings. The Labute approximate surface area is 288 Å². The molecule has 7 nitrogen and oxygen atoms in total. The average Bonchev–Trinajstić information content (AvgIpc) is 3.04. The fraction of sp³-hybridized carbons (Fsp3) is 0.235. The summed E-state index contributed by atoms with van der Waals surface area (Å²) in [4.78, 5) is 29.8. The number of nitrogens with one attached hydrogen (secondary N) is 1. The molecule has 1 N–H and O–H groups in total. The van der Waals surface area contributed by atoms with Gasteiger partial charge in [0.15, 0.2) is 0 Å². The Kier molecular flexibility index (Phi) is 12.7. The number of carbonyl (C=O) groups is 2. The average molecular weight is 779 g/mol. The van der Waals surface area contributed by atoms with E-state index in [1.54, 1.807) is 60.7 Å². The Bertz CT molecular complexity index is 1670. The third kappa shape index (κ3) is 9.22. The minimum absolute atomic E-state index is 0.0372. The van der Waals surface area contributed by atoms with Gasteiger partial charge in [-0.1, -0.05) is 91.1 Å². The molecule has 0 fully saturated rings. The minimum atomic E-state index is -4.18. The van der Waals surface area contributed by atoms with Gasteiger partial charge in [-0.3, -0.25) is 13.9 Å². The van der Waals surface area contributed by atoms with E-state index < -0.39 is 28.5 Å². The number of sulfonamides is 1. The van der Waals surface area contributed by atoms with E-state index in [-0.39, 0.29) is 23.8 Å². The number of nitrogens with zero attached hydrogens (tertiary/aromatic N) is 2. The highest BCUT2D eigenvalue weighted by Gasteiger charge is 2.35. The standard InChI is InChI=1S/C34H34Cl2IN3O4S/c1-2-3-21-38-34(42)32(22-25-11-6-4-7-12-25)39(23-29-30(35)15-10-16-31(29)36)33(41)24-40(27-19-17-26(37)18-20-27)45(43,44)28-13-8-5-9-14-28/h4-20,32H,2-3,21-24H2,1H3,(H,38,42). The van der Waals surface area contributed by atoms with Crippen LogP contribution in [0.4, 0.5) is 5.69 Å². The van der Waals surface area contributed by atoms with Gasteiger partial charge in [-0.25, -0.2) is 8.42 Å². The molecule has 0 aliphatic carbocycles. The fourth-order valence-corrected chi connectivity index (χ4v) is 7.08. The van der Waals surface area contributed by atoms with E-state index in [4.69, 9.17) is 23.2 Å². The van der Waals surface area contributed by atoms with Gasteiger partial charge in [0.25, 0.3) is 10.0 Å². The van der Waals surface area contributed by atoms with Gasteiger partial charge >= 0.3 is 0 Å². The van der Waals surface area contributed by atoms with E-state index in [1.807, 2.05) is 37.3 Å². The molecule has 0 spiro atoms. The summed E-state index contributed by atoms with van der Waals surface area (Å²) in [5.41, 5.74) is 1.61. The molecule has 0 aromatic heterocycles. The van der Waals surface area contributed by atoms with Gasteiger partial charge < -0.3 is 10.2 Å². The predicted molar refractivity (Wildman–Crippen MR) is 189 cm³/mol. The lowest BCUT2D eigenvalue weighted by molar-refractivity contribution is -0.140. The van der Waals surface area contributed by atoms with E-state index in [9.17, 15) is 18.0 Å². The second kappa shape index (κ2) is 16.4. The summed E-state index contributed by atoms with van der Waals surface area (Å²) in [5, 5.41) is 3.63. The zero-order chi connectivity index (χ0) is 32.4. The smallest absolute Gasteiger partial charge is 0.264 e. The van der Waals surface area contributed by atoms with Gasteiger partial charge in [0, 0.05) is 38.7 Å². The van der Waals surface area contributed by atoms with Crippen LogP contribution in [0.1, 0.15) is 30.9 Å². The zero-order valence-corrected chi connectivity index (χ0v) is 29.2. The molecule has 0 saturated carbocycles. The van der Waals surface area contributed by atoms with Crippen molar-refractivity contribution in [3.63, 3.8) is 0 Å². The molecule has 0 radical (unpaired) electrons. The van der Waals surface area contributed by atoms with Crippen molar-refractivity contribution in [3.05, 3.63) is 128 Å². The van der Waals surface area contributed by atoms with Crippen molar-refractivity contribution < 1.29 is 18.0 Å². The Morgan fingerprint density at radius 3 is 2.04 bits per heavy atom. The van der Waals surface area contributed by atoms with Gasteiger partial charge in [0.05, 0.1) is 10.6 Å². The van der Waals surface area contributed by atoms with Gasteiger partial charge in [-0.15, -0.1) is 0 Å². The number of hydrogen-bond acceptors (Lipinski definition) is 4. The molecule has 0 aliphatic heterocycles. The lowest BCUT2D eigenvalue weighted by Gasteiger charge is -2.34. The molecule has 1 atom stereocenters. The zero-order valence-electron chi connectivity index (χ0n) is 24.7. The molecule has 4 aromatic carbocycles. The summed E-state index contributed by atoms with van der Waals surface area (Å²) >= 11 is 15.3. The Morgan fingerprint density at radius 2 is 1.44 bits per heavy atom. The van der Waals surface area contributed by atoms with Crippen LogP contribution >= 0.6 is 45.8 Å². The van der Waals surface area contributed by atoms with Gasteiger partial charge in [0.1, 0.15) is 12.6 Å². The summed E-state index contributed by atoms with van der Waals surface area (Å²) in [6, 6.07) is 28.2. The topological polar surface area (TPSA) is 86.8 Å². The summed E-state index contributed by atoms with van der Waals surface area (Å²) < 4.78 is 30.1. The van der Waals surface area contributed by atoms with Crippen LogP contribution in [0.15, 0.2) is 108 Å². The van der Waals surface area contributed by atoms with E-state index >= 15 is 0 Å². The summed E-state index contributed by atoms with van der Waals surface area (Å²) in [5.74, 6) is -0.939. The minimum Gasteiger partial charge on any atom is -0.354 e. The number of rotatable bonds is 14. The molecule has 0 saturated heterocycles. The fourth-order valence-electron chi connectivity index (χ4n) is 4.77. The van der Waals surface area contributed by atoms with Crippen LogP contribution in [-0.4, -0.2) is 44.3 Å². The number of unbranched alkanes of at least 4 members (excludes halogenated alkanes) is 1. The van der Waals surface area contributed by atoms with Crippen molar-refractivity contribution in [2.24, 2.45) is 0 Å². The van der Waals surface area contributed by atoms with Crippen molar-refractivity contribution in [2.75, 3.05) is 17.4 Å². The predicted octanol–water partition coefficient (Wildman–Crippen LogP) is 7.35. The summed E-state index contributed by atoms with van der Waals surface area (Å²) in [6.45, 7) is 1.79. The first kappa shape index (κ1) is 34.7. The van der Waals surface area contributed by atoms with E-state index in [0.717, 1.165) is 26.3 Å². The second-order valence-corrected chi connectivity index (χ2v) is 14.3. The van der Waals surface area contributed by atoms with Crippen LogP contribution in [0.25, 0.3) is 0 Å². The maximum absolute atomic E-state index is 14.5. The quantitative estimate of drug-likeness (QED) is 0.107. The molecule has 4 rings (SSSR count). The number of anilines is 1. The second-order valence-electron chi connectivity index (χ2n) is 10.4. The maximum Gasteiger partial charge on any atom is 0.264 e. The molecular formula is C34H34Cl2IN3O4S. The number of halogens is 3. The third-order valence-corrected chi connectivity index (χ3v) is 10.4. The van der Waals surface area contributed by atoms with Crippen molar-refractivity contribution in [3.8, 4) is 0 Å². The molecule has 45 heavy (non-hydrogen) atoms. The lowest BCUT2D eigenvalue weighted by atomic mass is 10.0. The maximum atomic E-state index is 14.5. The van der Waals surface area contributed by atoms with E-state index in [2.05, 4.69) is 27.9 Å². The first-order valence-electron chi connectivity index (χ1n) is 14.5. The molecule has 236 valence electrons. The molecular weight excluding hydrogens is 744 g/mol. The highest BCUT2D eigenvalue weighted by molar-refractivity contribution is 14.1.